The number of carbonyl (C=O) groups excluding carboxylic acids is 4. The standard InChI is InChI=1S/C42H47N3O7/c1-5-26-52-42(50)38(29-31-14-10-7-11-15-31)45(3)41(49)37(28-33-18-23-35(51-4)24-19-33)44(2)40(48)36(27-32-16-21-34(46)22-17-32)43-39(47)25-20-30-12-8-6-9-13-30/h5-19,21-24,36-38,46H,1,20,25-29H2,2-4H3,(H,43,47)/t36-,37+,38+/m1/s1. The number of nitrogens with one attached hydrogen (secondary N) is 1. The summed E-state index contributed by atoms with van der Waals surface area (Å²) in [4.78, 5) is 58.5. The molecule has 0 aliphatic rings. The molecule has 0 saturated heterocycles. The molecular formula is C42H47N3O7. The highest BCUT2D eigenvalue weighted by molar-refractivity contribution is 5.94. The molecule has 0 aliphatic carbocycles. The molecule has 0 radical (unpaired) electrons. The van der Waals surface area contributed by atoms with Gasteiger partial charge in [-0.25, -0.2) is 4.79 Å². The summed E-state index contributed by atoms with van der Waals surface area (Å²) in [6.07, 6.45) is 2.51. The minimum atomic E-state index is -1.07. The first-order valence-electron chi connectivity index (χ1n) is 17.2. The highest BCUT2D eigenvalue weighted by Gasteiger charge is 2.38. The van der Waals surface area contributed by atoms with E-state index in [1.165, 1.54) is 42.1 Å². The topological polar surface area (TPSA) is 125 Å². The second-order valence-electron chi connectivity index (χ2n) is 12.6. The number of benzene rings is 4. The summed E-state index contributed by atoms with van der Waals surface area (Å²) in [7, 11) is 4.62. The number of rotatable bonds is 18. The van der Waals surface area contributed by atoms with Gasteiger partial charge in [-0.1, -0.05) is 97.6 Å². The Morgan fingerprint density at radius 3 is 1.83 bits per heavy atom. The molecule has 0 aromatic heterocycles. The number of hydrogen-bond acceptors (Lipinski definition) is 7. The quantitative estimate of drug-likeness (QED) is 0.111. The van der Waals surface area contributed by atoms with Crippen molar-refractivity contribution < 1.29 is 33.8 Å². The van der Waals surface area contributed by atoms with E-state index in [1.807, 2.05) is 72.8 Å². The van der Waals surface area contributed by atoms with Crippen LogP contribution in [-0.4, -0.2) is 84.5 Å². The Bertz CT molecular complexity index is 1760. The Kier molecular flexibility index (Phi) is 14.6. The van der Waals surface area contributed by atoms with E-state index in [-0.39, 0.29) is 43.9 Å². The van der Waals surface area contributed by atoms with Gasteiger partial charge in [-0.3, -0.25) is 14.4 Å². The van der Waals surface area contributed by atoms with Gasteiger partial charge in [0.25, 0.3) is 0 Å². The first-order valence-corrected chi connectivity index (χ1v) is 17.2. The molecule has 3 atom stereocenters. The number of hydrogen-bond donors (Lipinski definition) is 2. The molecule has 0 unspecified atom stereocenters. The van der Waals surface area contributed by atoms with Crippen molar-refractivity contribution in [3.63, 3.8) is 0 Å². The highest BCUT2D eigenvalue weighted by Crippen LogP contribution is 2.20. The van der Waals surface area contributed by atoms with Crippen LogP contribution in [0.15, 0.2) is 122 Å². The summed E-state index contributed by atoms with van der Waals surface area (Å²) in [6.45, 7) is 3.61. The normalized spacial score (nSPS) is 12.4. The fraction of sp³-hybridized carbons (Fsp3) is 0.286. The molecule has 0 aliphatic heterocycles. The van der Waals surface area contributed by atoms with Crippen LogP contribution in [0.1, 0.15) is 28.7 Å². The number of likely N-dealkylation sites (N-methyl/N-ethyl adjacent to an activating group) is 2. The number of phenolic OH excluding ortho intramolecular Hbond substituents is 1. The van der Waals surface area contributed by atoms with Crippen LogP contribution in [0.25, 0.3) is 0 Å². The van der Waals surface area contributed by atoms with E-state index in [4.69, 9.17) is 9.47 Å². The van der Waals surface area contributed by atoms with Crippen LogP contribution in [0.5, 0.6) is 11.5 Å². The van der Waals surface area contributed by atoms with Gasteiger partial charge >= 0.3 is 5.97 Å². The number of esters is 1. The monoisotopic (exact) mass is 705 g/mol. The Balaban J connectivity index is 1.66. The van der Waals surface area contributed by atoms with Gasteiger partial charge in [0.2, 0.25) is 17.7 Å². The third-order valence-corrected chi connectivity index (χ3v) is 8.88. The lowest BCUT2D eigenvalue weighted by molar-refractivity contribution is -0.156. The first kappa shape index (κ1) is 38.9. The number of nitrogens with zero attached hydrogens (tertiary/aromatic N) is 2. The maximum absolute atomic E-state index is 14.6. The Morgan fingerprint density at radius 1 is 0.712 bits per heavy atom. The zero-order valence-corrected chi connectivity index (χ0v) is 29.9. The van der Waals surface area contributed by atoms with Crippen LogP contribution in [0, 0.1) is 0 Å². The molecule has 2 N–H and O–H groups in total. The Morgan fingerprint density at radius 2 is 1.23 bits per heavy atom. The molecule has 272 valence electrons. The minimum absolute atomic E-state index is 0.0251. The SMILES string of the molecule is C=CCOC(=O)[C@H](Cc1ccccc1)N(C)C(=O)[C@H](Cc1ccc(OC)cc1)N(C)C(=O)[C@@H](Cc1ccc(O)cc1)NC(=O)CCc1ccccc1. The molecular weight excluding hydrogens is 658 g/mol. The molecule has 3 amide bonds. The fourth-order valence-electron chi connectivity index (χ4n) is 5.85. The summed E-state index contributed by atoms with van der Waals surface area (Å²) in [5.41, 5.74) is 3.27. The van der Waals surface area contributed by atoms with Gasteiger partial charge in [-0.2, -0.15) is 0 Å². The molecule has 0 bridgehead atoms. The van der Waals surface area contributed by atoms with Gasteiger partial charge in [0, 0.05) is 39.8 Å². The van der Waals surface area contributed by atoms with E-state index in [9.17, 15) is 24.3 Å². The van der Waals surface area contributed by atoms with Crippen molar-refractivity contribution in [2.24, 2.45) is 0 Å². The van der Waals surface area contributed by atoms with Crippen LogP contribution in [0.3, 0.4) is 0 Å². The van der Waals surface area contributed by atoms with Crippen LogP contribution < -0.4 is 10.1 Å². The molecule has 10 nitrogen and oxygen atoms in total. The molecule has 0 spiro atoms. The number of amides is 3. The largest absolute Gasteiger partial charge is 0.508 e. The van der Waals surface area contributed by atoms with E-state index < -0.39 is 35.9 Å². The molecule has 10 heteroatoms. The van der Waals surface area contributed by atoms with Gasteiger partial charge in [0.1, 0.15) is 36.2 Å². The number of aryl methyl sites for hydroxylation is 1. The lowest BCUT2D eigenvalue weighted by Crippen LogP contribution is -2.58. The van der Waals surface area contributed by atoms with Gasteiger partial charge in [-0.05, 0) is 52.9 Å². The number of carbonyl (C=O) groups is 4. The maximum Gasteiger partial charge on any atom is 0.329 e. The van der Waals surface area contributed by atoms with Crippen molar-refractivity contribution >= 4 is 23.7 Å². The fourth-order valence-corrected chi connectivity index (χ4v) is 5.85. The number of ether oxygens (including phenoxy) is 2. The Labute approximate surface area is 305 Å². The van der Waals surface area contributed by atoms with Crippen molar-refractivity contribution in [3.8, 4) is 11.5 Å². The molecule has 4 aromatic rings. The lowest BCUT2D eigenvalue weighted by atomic mass is 9.98. The molecule has 4 rings (SSSR count). The summed E-state index contributed by atoms with van der Waals surface area (Å²) in [6, 6.07) is 29.3. The van der Waals surface area contributed by atoms with E-state index in [0.717, 1.165) is 16.7 Å². The second kappa shape index (κ2) is 19.5. The summed E-state index contributed by atoms with van der Waals surface area (Å²) < 4.78 is 10.7. The van der Waals surface area contributed by atoms with Gasteiger partial charge in [-0.15, -0.1) is 0 Å². The average molecular weight is 706 g/mol. The molecule has 52 heavy (non-hydrogen) atoms. The number of phenols is 1. The third kappa shape index (κ3) is 11.3. The zero-order chi connectivity index (χ0) is 37.5. The molecule has 4 aromatic carbocycles. The second-order valence-corrected chi connectivity index (χ2v) is 12.6. The van der Waals surface area contributed by atoms with Gasteiger partial charge in [0.15, 0.2) is 0 Å². The van der Waals surface area contributed by atoms with Crippen LogP contribution in [0.4, 0.5) is 0 Å². The Hall–Kier alpha value is -5.90. The third-order valence-electron chi connectivity index (χ3n) is 8.88. The maximum atomic E-state index is 14.6. The van der Waals surface area contributed by atoms with E-state index >= 15 is 0 Å². The molecule has 0 saturated carbocycles. The summed E-state index contributed by atoms with van der Waals surface area (Å²) in [5, 5.41) is 12.8. The van der Waals surface area contributed by atoms with E-state index in [2.05, 4.69) is 11.9 Å². The summed E-state index contributed by atoms with van der Waals surface area (Å²) in [5.74, 6) is -1.20. The van der Waals surface area contributed by atoms with E-state index in [1.54, 1.807) is 31.4 Å². The van der Waals surface area contributed by atoms with Crippen LogP contribution in [0.2, 0.25) is 0 Å². The zero-order valence-electron chi connectivity index (χ0n) is 29.9. The van der Waals surface area contributed by atoms with Crippen LogP contribution in [-0.2, 0) is 49.6 Å². The van der Waals surface area contributed by atoms with Crippen LogP contribution >= 0.6 is 0 Å². The van der Waals surface area contributed by atoms with Crippen molar-refractivity contribution in [3.05, 3.63) is 144 Å². The number of aromatic hydroxyl groups is 1. The molecule has 0 heterocycles. The van der Waals surface area contributed by atoms with Crippen molar-refractivity contribution in [1.29, 1.82) is 0 Å². The lowest BCUT2D eigenvalue weighted by Gasteiger charge is -2.35. The van der Waals surface area contributed by atoms with E-state index in [0.29, 0.717) is 17.7 Å². The first-order chi connectivity index (χ1) is 25.1. The average Bonchev–Trinajstić information content (AvgIpc) is 3.17. The summed E-state index contributed by atoms with van der Waals surface area (Å²) >= 11 is 0. The predicted molar refractivity (Wildman–Crippen MR) is 200 cm³/mol. The number of methoxy groups -OCH3 is 1. The smallest absolute Gasteiger partial charge is 0.329 e. The predicted octanol–water partition coefficient (Wildman–Crippen LogP) is 4.93. The molecule has 0 fully saturated rings. The highest BCUT2D eigenvalue weighted by atomic mass is 16.5. The van der Waals surface area contributed by atoms with Gasteiger partial charge < -0.3 is 29.7 Å². The van der Waals surface area contributed by atoms with Crippen molar-refractivity contribution in [2.75, 3.05) is 27.8 Å². The van der Waals surface area contributed by atoms with Crippen molar-refractivity contribution in [2.45, 2.75) is 50.2 Å². The van der Waals surface area contributed by atoms with Gasteiger partial charge in [0.05, 0.1) is 7.11 Å². The minimum Gasteiger partial charge on any atom is -0.508 e. The van der Waals surface area contributed by atoms with Crippen molar-refractivity contribution in [1.82, 2.24) is 15.1 Å².